The topological polar surface area (TPSA) is 29.3 Å². The molecule has 0 aliphatic carbocycles. The van der Waals surface area contributed by atoms with E-state index in [0.717, 1.165) is 24.7 Å². The molecular weight excluding hydrogens is 256 g/mol. The Bertz CT molecular complexity index is 445. The number of benzene rings is 1. The van der Waals surface area contributed by atoms with Gasteiger partial charge in [-0.15, -0.1) is 0 Å². The summed E-state index contributed by atoms with van der Waals surface area (Å²) in [4.78, 5) is 2.55. The predicted molar refractivity (Wildman–Crippen MR) is 92.9 cm³/mol. The lowest BCUT2D eigenvalue weighted by Gasteiger charge is -2.35. The minimum atomic E-state index is 0.288. The van der Waals surface area contributed by atoms with Gasteiger partial charge in [0.05, 0.1) is 0 Å². The number of rotatable bonds is 5. The summed E-state index contributed by atoms with van der Waals surface area (Å²) in [5.41, 5.74) is 10.3. The van der Waals surface area contributed by atoms with Gasteiger partial charge < -0.3 is 10.6 Å². The number of piperidine rings is 1. The molecule has 0 aromatic heterocycles. The van der Waals surface area contributed by atoms with Crippen LogP contribution in [0.1, 0.15) is 51.2 Å². The zero-order valence-corrected chi connectivity index (χ0v) is 14.2. The molecule has 1 aromatic carbocycles. The van der Waals surface area contributed by atoms with Gasteiger partial charge in [-0.1, -0.05) is 26.8 Å². The average molecular weight is 288 g/mol. The molecule has 1 aromatic rings. The molecule has 1 atom stereocenters. The van der Waals surface area contributed by atoms with Gasteiger partial charge in [0.25, 0.3) is 0 Å². The molecule has 1 aliphatic heterocycles. The SMILES string of the molecule is CCC(N)Cc1ccc(N2CCC(C(C)C)CC2)cc1C. The molecule has 1 saturated heterocycles. The molecule has 0 spiro atoms. The summed E-state index contributed by atoms with van der Waals surface area (Å²) >= 11 is 0. The maximum Gasteiger partial charge on any atom is 0.0369 e. The maximum atomic E-state index is 6.09. The first-order chi connectivity index (χ1) is 10.0. The van der Waals surface area contributed by atoms with Crippen molar-refractivity contribution in [2.45, 2.75) is 59.4 Å². The van der Waals surface area contributed by atoms with Crippen LogP contribution in [0.3, 0.4) is 0 Å². The fourth-order valence-corrected chi connectivity index (χ4v) is 3.36. The van der Waals surface area contributed by atoms with Gasteiger partial charge in [0.15, 0.2) is 0 Å². The molecule has 2 heteroatoms. The van der Waals surface area contributed by atoms with E-state index in [1.807, 2.05) is 0 Å². The van der Waals surface area contributed by atoms with Crippen LogP contribution in [0.4, 0.5) is 5.69 Å². The van der Waals surface area contributed by atoms with E-state index < -0.39 is 0 Å². The lowest BCUT2D eigenvalue weighted by molar-refractivity contribution is 0.311. The number of hydrogen-bond acceptors (Lipinski definition) is 2. The van der Waals surface area contributed by atoms with Gasteiger partial charge in [0.1, 0.15) is 0 Å². The first kappa shape index (κ1) is 16.4. The zero-order chi connectivity index (χ0) is 15.4. The van der Waals surface area contributed by atoms with Crippen LogP contribution in [0, 0.1) is 18.8 Å². The van der Waals surface area contributed by atoms with Gasteiger partial charge in [0.2, 0.25) is 0 Å². The molecule has 0 amide bonds. The van der Waals surface area contributed by atoms with E-state index in [1.54, 1.807) is 0 Å². The van der Waals surface area contributed by atoms with Crippen molar-refractivity contribution >= 4 is 5.69 Å². The molecule has 1 heterocycles. The Labute approximate surface area is 130 Å². The molecular formula is C19H32N2. The van der Waals surface area contributed by atoms with Crippen molar-refractivity contribution in [3.8, 4) is 0 Å². The summed E-state index contributed by atoms with van der Waals surface area (Å²) in [5, 5.41) is 0. The van der Waals surface area contributed by atoms with Crippen molar-refractivity contribution in [1.29, 1.82) is 0 Å². The van der Waals surface area contributed by atoms with Crippen molar-refractivity contribution in [1.82, 2.24) is 0 Å². The number of anilines is 1. The third kappa shape index (κ3) is 4.23. The quantitative estimate of drug-likeness (QED) is 0.882. The Morgan fingerprint density at radius 3 is 2.43 bits per heavy atom. The predicted octanol–water partition coefficient (Wildman–Crippen LogP) is 4.15. The Balaban J connectivity index is 2.00. The Morgan fingerprint density at radius 1 is 1.24 bits per heavy atom. The second-order valence-corrected chi connectivity index (χ2v) is 7.05. The van der Waals surface area contributed by atoms with Crippen LogP contribution < -0.4 is 10.6 Å². The molecule has 0 radical (unpaired) electrons. The molecule has 1 aliphatic rings. The summed E-state index contributed by atoms with van der Waals surface area (Å²) in [7, 11) is 0. The normalized spacial score (nSPS) is 18.3. The summed E-state index contributed by atoms with van der Waals surface area (Å²) in [6.45, 7) is 11.5. The van der Waals surface area contributed by atoms with E-state index >= 15 is 0 Å². The fraction of sp³-hybridized carbons (Fsp3) is 0.684. The second-order valence-electron chi connectivity index (χ2n) is 7.05. The smallest absolute Gasteiger partial charge is 0.0369 e. The van der Waals surface area contributed by atoms with Crippen LogP contribution >= 0.6 is 0 Å². The van der Waals surface area contributed by atoms with Crippen LogP contribution in [0.25, 0.3) is 0 Å². The van der Waals surface area contributed by atoms with E-state index in [4.69, 9.17) is 5.73 Å². The van der Waals surface area contributed by atoms with Crippen LogP contribution in [0.2, 0.25) is 0 Å². The first-order valence-corrected chi connectivity index (χ1v) is 8.61. The summed E-state index contributed by atoms with van der Waals surface area (Å²) in [6.07, 6.45) is 4.71. The Morgan fingerprint density at radius 2 is 1.90 bits per heavy atom. The zero-order valence-electron chi connectivity index (χ0n) is 14.2. The van der Waals surface area contributed by atoms with Crippen molar-refractivity contribution in [2.75, 3.05) is 18.0 Å². The highest BCUT2D eigenvalue weighted by atomic mass is 15.1. The van der Waals surface area contributed by atoms with Gasteiger partial charge in [-0.25, -0.2) is 0 Å². The van der Waals surface area contributed by atoms with E-state index in [9.17, 15) is 0 Å². The van der Waals surface area contributed by atoms with Crippen LogP contribution in [0.15, 0.2) is 18.2 Å². The fourth-order valence-electron chi connectivity index (χ4n) is 3.36. The number of hydrogen-bond donors (Lipinski definition) is 1. The highest BCUT2D eigenvalue weighted by Crippen LogP contribution is 2.29. The Hall–Kier alpha value is -1.02. The van der Waals surface area contributed by atoms with Gasteiger partial charge in [-0.05, 0) is 67.7 Å². The summed E-state index contributed by atoms with van der Waals surface area (Å²) in [5.74, 6) is 1.73. The number of nitrogens with zero attached hydrogens (tertiary/aromatic N) is 1. The molecule has 0 bridgehead atoms. The maximum absolute atomic E-state index is 6.09. The summed E-state index contributed by atoms with van der Waals surface area (Å²) in [6, 6.07) is 7.22. The number of aryl methyl sites for hydroxylation is 1. The van der Waals surface area contributed by atoms with Crippen LogP contribution in [-0.4, -0.2) is 19.1 Å². The highest BCUT2D eigenvalue weighted by Gasteiger charge is 2.21. The molecule has 2 N–H and O–H groups in total. The van der Waals surface area contributed by atoms with Crippen molar-refractivity contribution in [3.05, 3.63) is 29.3 Å². The van der Waals surface area contributed by atoms with Crippen molar-refractivity contribution in [3.63, 3.8) is 0 Å². The molecule has 0 saturated carbocycles. The minimum Gasteiger partial charge on any atom is -0.372 e. The molecule has 21 heavy (non-hydrogen) atoms. The highest BCUT2D eigenvalue weighted by molar-refractivity contribution is 5.51. The van der Waals surface area contributed by atoms with E-state index in [0.29, 0.717) is 0 Å². The van der Waals surface area contributed by atoms with Gasteiger partial charge >= 0.3 is 0 Å². The molecule has 2 rings (SSSR count). The van der Waals surface area contributed by atoms with Crippen molar-refractivity contribution < 1.29 is 0 Å². The van der Waals surface area contributed by atoms with Gasteiger partial charge in [-0.3, -0.25) is 0 Å². The molecule has 1 fully saturated rings. The average Bonchev–Trinajstić information content (AvgIpc) is 2.49. The standard InChI is InChI=1S/C19H32N2/c1-5-18(20)13-17-6-7-19(12-15(17)4)21-10-8-16(9-11-21)14(2)3/h6-7,12,14,16,18H,5,8-11,13,20H2,1-4H3. The van der Waals surface area contributed by atoms with E-state index in [-0.39, 0.29) is 6.04 Å². The monoisotopic (exact) mass is 288 g/mol. The molecule has 118 valence electrons. The summed E-state index contributed by atoms with van der Waals surface area (Å²) < 4.78 is 0. The van der Waals surface area contributed by atoms with Gasteiger partial charge in [0, 0.05) is 24.8 Å². The largest absolute Gasteiger partial charge is 0.372 e. The van der Waals surface area contributed by atoms with Gasteiger partial charge in [-0.2, -0.15) is 0 Å². The lowest BCUT2D eigenvalue weighted by Crippen LogP contribution is -2.35. The number of nitrogens with two attached hydrogens (primary N) is 1. The minimum absolute atomic E-state index is 0.288. The molecule has 1 unspecified atom stereocenters. The lowest BCUT2D eigenvalue weighted by atomic mass is 9.86. The van der Waals surface area contributed by atoms with E-state index in [1.165, 1.54) is 42.7 Å². The Kier molecular flexibility index (Phi) is 5.69. The van der Waals surface area contributed by atoms with E-state index in [2.05, 4.69) is 50.8 Å². The third-order valence-corrected chi connectivity index (χ3v) is 5.18. The van der Waals surface area contributed by atoms with Crippen LogP contribution in [0.5, 0.6) is 0 Å². The van der Waals surface area contributed by atoms with Crippen molar-refractivity contribution in [2.24, 2.45) is 17.6 Å². The first-order valence-electron chi connectivity index (χ1n) is 8.61. The molecule has 2 nitrogen and oxygen atoms in total. The third-order valence-electron chi connectivity index (χ3n) is 5.18. The second kappa shape index (κ2) is 7.31. The van der Waals surface area contributed by atoms with Crippen LogP contribution in [-0.2, 0) is 6.42 Å².